The molecular formula is C22H18F5N3O6. The summed E-state index contributed by atoms with van der Waals surface area (Å²) in [6.45, 7) is -0.520. The Hall–Kier alpha value is -3.84. The van der Waals surface area contributed by atoms with Gasteiger partial charge in [0.25, 0.3) is 11.8 Å². The van der Waals surface area contributed by atoms with Gasteiger partial charge in [-0.2, -0.15) is 13.2 Å². The van der Waals surface area contributed by atoms with Gasteiger partial charge in [-0.05, 0) is 37.5 Å². The second kappa shape index (κ2) is 7.83. The minimum Gasteiger partial charge on any atom is -0.484 e. The molecule has 3 aliphatic carbocycles. The van der Waals surface area contributed by atoms with Crippen LogP contribution in [0.15, 0.2) is 36.5 Å². The molecule has 2 bridgehead atoms. The van der Waals surface area contributed by atoms with Crippen LogP contribution >= 0.6 is 0 Å². The van der Waals surface area contributed by atoms with E-state index in [0.29, 0.717) is 25.3 Å². The lowest BCUT2D eigenvalue weighted by Crippen LogP contribution is -2.80. The molecule has 0 radical (unpaired) electrons. The molecule has 1 aromatic heterocycles. The first-order valence-corrected chi connectivity index (χ1v) is 10.6. The van der Waals surface area contributed by atoms with Crippen molar-refractivity contribution in [2.45, 2.75) is 43.4 Å². The summed E-state index contributed by atoms with van der Waals surface area (Å²) in [7, 11) is 0. The first-order valence-electron chi connectivity index (χ1n) is 10.6. The number of nitrogens with two attached hydrogens (primary N) is 1. The second-order valence-corrected chi connectivity index (χ2v) is 9.06. The normalized spacial score (nSPS) is 25.7. The quantitative estimate of drug-likeness (QED) is 0.519. The number of hydrogen-bond donors (Lipinski definition) is 2. The Bertz CT molecular complexity index is 1220. The molecule has 9 nitrogen and oxygen atoms in total. The Kier molecular flexibility index (Phi) is 5.20. The zero-order valence-corrected chi connectivity index (χ0v) is 18.2. The molecule has 192 valence electrons. The summed E-state index contributed by atoms with van der Waals surface area (Å²) in [5, 5.41) is 2.77. The molecule has 2 amide bonds. The molecule has 14 heteroatoms. The largest absolute Gasteiger partial charge is 0.586 e. The van der Waals surface area contributed by atoms with Crippen molar-refractivity contribution in [3.63, 3.8) is 0 Å². The standard InChI is InChI=1S/C22H18F5N3O6/c23-21(24,25)15-6-11(3-4-29-15)33-7-16(31)30-20-8-19(9-20,10-20)17(18(28)32)34-12-1-2-13-14(5-12)36-22(26,27)35-13/h1-6,17H,7-10H2,(H2,28,32)(H,30,31). The summed E-state index contributed by atoms with van der Waals surface area (Å²) >= 11 is 0. The summed E-state index contributed by atoms with van der Waals surface area (Å²) in [5.74, 6) is -1.84. The number of primary amides is 1. The molecule has 0 spiro atoms. The van der Waals surface area contributed by atoms with Crippen LogP contribution in [0.2, 0.25) is 0 Å². The number of alkyl halides is 5. The minimum absolute atomic E-state index is 0.0747. The Labute approximate surface area is 199 Å². The lowest BCUT2D eigenvalue weighted by Gasteiger charge is -2.71. The average molecular weight is 515 g/mol. The van der Waals surface area contributed by atoms with Crippen molar-refractivity contribution in [2.75, 3.05) is 6.61 Å². The number of halogens is 5. The van der Waals surface area contributed by atoms with E-state index in [-0.39, 0.29) is 23.0 Å². The molecule has 2 aromatic rings. The monoisotopic (exact) mass is 515 g/mol. The molecule has 36 heavy (non-hydrogen) atoms. The van der Waals surface area contributed by atoms with Crippen LogP contribution in [0.1, 0.15) is 25.0 Å². The van der Waals surface area contributed by atoms with E-state index in [0.717, 1.165) is 12.3 Å². The molecular weight excluding hydrogens is 497 g/mol. The zero-order chi connectivity index (χ0) is 25.9. The van der Waals surface area contributed by atoms with Crippen molar-refractivity contribution in [1.82, 2.24) is 10.3 Å². The number of hydrogen-bond acceptors (Lipinski definition) is 7. The van der Waals surface area contributed by atoms with Crippen molar-refractivity contribution < 1.29 is 50.5 Å². The molecule has 0 saturated heterocycles. The van der Waals surface area contributed by atoms with E-state index >= 15 is 0 Å². The Morgan fingerprint density at radius 1 is 1.08 bits per heavy atom. The number of aromatic nitrogens is 1. The molecule has 3 fully saturated rings. The van der Waals surface area contributed by atoms with Gasteiger partial charge in [-0.1, -0.05) is 0 Å². The lowest BCUT2D eigenvalue weighted by molar-refractivity contribution is -0.286. The number of nitrogens with zero attached hydrogens (tertiary/aromatic N) is 1. The van der Waals surface area contributed by atoms with Gasteiger partial charge >= 0.3 is 12.5 Å². The maximum atomic E-state index is 13.2. The number of rotatable bonds is 8. The van der Waals surface area contributed by atoms with Gasteiger partial charge in [0.2, 0.25) is 0 Å². The van der Waals surface area contributed by atoms with Gasteiger partial charge in [-0.3, -0.25) is 14.6 Å². The van der Waals surface area contributed by atoms with Gasteiger partial charge in [0, 0.05) is 29.3 Å². The average Bonchev–Trinajstić information content (AvgIpc) is 3.05. The highest BCUT2D eigenvalue weighted by molar-refractivity contribution is 5.83. The van der Waals surface area contributed by atoms with Crippen LogP contribution in [0.4, 0.5) is 22.0 Å². The van der Waals surface area contributed by atoms with E-state index in [9.17, 15) is 31.5 Å². The third kappa shape index (κ3) is 4.31. The number of pyridine rings is 1. The molecule has 6 rings (SSSR count). The molecule has 1 aromatic carbocycles. The first kappa shape index (κ1) is 23.9. The first-order chi connectivity index (χ1) is 16.8. The van der Waals surface area contributed by atoms with Crippen LogP contribution in [0.5, 0.6) is 23.0 Å². The SMILES string of the molecule is NC(=O)C(Oc1ccc2c(c1)OC(F)(F)O2)C12CC(NC(=O)COc3ccnc(C(F)(F)F)c3)(C1)C2. The molecule has 1 aliphatic heterocycles. The minimum atomic E-state index is -4.65. The van der Waals surface area contributed by atoms with Gasteiger partial charge in [-0.15, -0.1) is 8.78 Å². The van der Waals surface area contributed by atoms with Crippen LogP contribution in [-0.2, 0) is 15.8 Å². The summed E-state index contributed by atoms with van der Waals surface area (Å²) in [6, 6.07) is 5.60. The van der Waals surface area contributed by atoms with Crippen LogP contribution in [-0.4, -0.2) is 41.3 Å². The van der Waals surface area contributed by atoms with Crippen LogP contribution in [0, 0.1) is 5.41 Å². The number of carbonyl (C=O) groups is 2. The number of fused-ring (bicyclic) bond motifs is 1. The maximum Gasteiger partial charge on any atom is 0.586 e. The zero-order valence-electron chi connectivity index (χ0n) is 18.2. The molecule has 1 atom stereocenters. The van der Waals surface area contributed by atoms with Crippen LogP contribution < -0.4 is 30.0 Å². The Morgan fingerprint density at radius 3 is 2.44 bits per heavy atom. The fourth-order valence-electron chi connectivity index (χ4n) is 5.04. The summed E-state index contributed by atoms with van der Waals surface area (Å²) in [6.07, 6.45) is -7.54. The highest BCUT2D eigenvalue weighted by Crippen LogP contribution is 2.69. The van der Waals surface area contributed by atoms with Gasteiger partial charge in [0.05, 0.1) is 0 Å². The predicted molar refractivity (Wildman–Crippen MR) is 108 cm³/mol. The van der Waals surface area contributed by atoms with E-state index in [1.165, 1.54) is 18.2 Å². The van der Waals surface area contributed by atoms with Gasteiger partial charge in [-0.25, -0.2) is 0 Å². The topological polar surface area (TPSA) is 122 Å². The third-order valence-corrected chi connectivity index (χ3v) is 6.31. The van der Waals surface area contributed by atoms with Crippen molar-refractivity contribution >= 4 is 11.8 Å². The van der Waals surface area contributed by atoms with Gasteiger partial charge in [0.15, 0.2) is 24.2 Å². The van der Waals surface area contributed by atoms with Crippen LogP contribution in [0.3, 0.4) is 0 Å². The molecule has 3 saturated carbocycles. The van der Waals surface area contributed by atoms with Gasteiger partial charge < -0.3 is 30.0 Å². The summed E-state index contributed by atoms with van der Waals surface area (Å²) in [5.41, 5.74) is 3.10. The number of carbonyl (C=O) groups excluding carboxylic acids is 2. The molecule has 2 heterocycles. The third-order valence-electron chi connectivity index (χ3n) is 6.31. The summed E-state index contributed by atoms with van der Waals surface area (Å²) < 4.78 is 84.3. The van der Waals surface area contributed by atoms with Crippen molar-refractivity contribution in [3.8, 4) is 23.0 Å². The highest BCUT2D eigenvalue weighted by atomic mass is 19.4. The van der Waals surface area contributed by atoms with E-state index < -0.39 is 53.6 Å². The Morgan fingerprint density at radius 2 is 1.78 bits per heavy atom. The van der Waals surface area contributed by atoms with E-state index in [1.807, 2.05) is 0 Å². The summed E-state index contributed by atoms with van der Waals surface area (Å²) in [4.78, 5) is 27.6. The molecule has 3 N–H and O–H groups in total. The lowest BCUT2D eigenvalue weighted by atomic mass is 9.37. The van der Waals surface area contributed by atoms with E-state index in [4.69, 9.17) is 15.2 Å². The maximum absolute atomic E-state index is 13.2. The number of ether oxygens (including phenoxy) is 4. The molecule has 4 aliphatic rings. The fraction of sp³-hybridized carbons (Fsp3) is 0.409. The smallest absolute Gasteiger partial charge is 0.484 e. The van der Waals surface area contributed by atoms with Crippen molar-refractivity contribution in [3.05, 3.63) is 42.2 Å². The van der Waals surface area contributed by atoms with Gasteiger partial charge in [0.1, 0.15) is 17.2 Å². The van der Waals surface area contributed by atoms with Crippen molar-refractivity contribution in [1.29, 1.82) is 0 Å². The number of amides is 2. The van der Waals surface area contributed by atoms with E-state index in [1.54, 1.807) is 0 Å². The Balaban J connectivity index is 1.16. The molecule has 1 unspecified atom stereocenters. The van der Waals surface area contributed by atoms with Crippen LogP contribution in [0.25, 0.3) is 0 Å². The predicted octanol–water partition coefficient (Wildman–Crippen LogP) is 2.77. The number of nitrogens with one attached hydrogen (secondary N) is 1. The van der Waals surface area contributed by atoms with E-state index in [2.05, 4.69) is 19.8 Å². The second-order valence-electron chi connectivity index (χ2n) is 9.06. The fourth-order valence-corrected chi connectivity index (χ4v) is 5.04. The van der Waals surface area contributed by atoms with Crippen molar-refractivity contribution in [2.24, 2.45) is 11.1 Å². The highest BCUT2D eigenvalue weighted by Gasteiger charge is 2.73. The number of benzene rings is 1.